The first-order valence-corrected chi connectivity index (χ1v) is 13.3. The summed E-state index contributed by atoms with van der Waals surface area (Å²) < 4.78 is 26.9. The van der Waals surface area contributed by atoms with Gasteiger partial charge in [-0.05, 0) is 57.5 Å². The molecule has 0 fully saturated rings. The Bertz CT molecular complexity index is 1120. The van der Waals surface area contributed by atoms with Crippen LogP contribution in [0.3, 0.4) is 0 Å². The number of rotatable bonds is 8. The molecule has 0 heterocycles. The van der Waals surface area contributed by atoms with E-state index in [0.29, 0.717) is 0 Å². The van der Waals surface area contributed by atoms with Gasteiger partial charge in [-0.1, -0.05) is 51.8 Å². The molecule has 10 heteroatoms. The summed E-state index contributed by atoms with van der Waals surface area (Å²) in [6.07, 6.45) is 1.01. The molecule has 2 aromatic rings. The fraction of sp³-hybridized carbons (Fsp3) is 0.391. The van der Waals surface area contributed by atoms with Crippen molar-refractivity contribution < 1.29 is 18.0 Å². The Kier molecular flexibility index (Phi) is 8.95. The number of hydrogen-bond donors (Lipinski definition) is 1. The number of carbonyl (C=O) groups excluding carboxylic acids is 2. The molecular formula is C23H29BrClN3O4S. The zero-order chi connectivity index (χ0) is 25.0. The van der Waals surface area contributed by atoms with Crippen LogP contribution in [-0.2, 0) is 26.2 Å². The largest absolute Gasteiger partial charge is 0.350 e. The summed E-state index contributed by atoms with van der Waals surface area (Å²) in [5, 5.41) is 3.08. The predicted octanol–water partition coefficient (Wildman–Crippen LogP) is 4.20. The maximum atomic E-state index is 13.5. The van der Waals surface area contributed by atoms with E-state index in [0.717, 1.165) is 20.6 Å². The molecule has 0 aliphatic heterocycles. The molecule has 2 amide bonds. The highest BCUT2D eigenvalue weighted by molar-refractivity contribution is 9.10. The number of para-hydroxylation sites is 1. The molecule has 0 bridgehead atoms. The lowest BCUT2D eigenvalue weighted by Gasteiger charge is -2.33. The van der Waals surface area contributed by atoms with E-state index in [4.69, 9.17) is 11.6 Å². The number of carbonyl (C=O) groups is 2. The quantitative estimate of drug-likeness (QED) is 0.526. The smallest absolute Gasteiger partial charge is 0.244 e. The van der Waals surface area contributed by atoms with Crippen LogP contribution in [0.5, 0.6) is 0 Å². The van der Waals surface area contributed by atoms with Gasteiger partial charge < -0.3 is 10.2 Å². The number of anilines is 1. The number of halogens is 2. The molecule has 0 aromatic heterocycles. The Labute approximate surface area is 209 Å². The second-order valence-corrected chi connectivity index (χ2v) is 12.0. The summed E-state index contributed by atoms with van der Waals surface area (Å²) in [6, 6.07) is 12.9. The standard InChI is InChI=1S/C23H29BrClN3O4S/c1-16(22(30)26-23(2,3)4)27(14-17-9-8-10-18(24)13-17)21(29)15-28(33(5,31)32)20-12-7-6-11-19(20)25/h6-13,16H,14-15H2,1-5H3,(H,26,30)/t16-/m1/s1. The van der Waals surface area contributed by atoms with Crippen molar-refractivity contribution in [2.75, 3.05) is 17.1 Å². The Morgan fingerprint density at radius 2 is 1.76 bits per heavy atom. The summed E-state index contributed by atoms with van der Waals surface area (Å²) in [5.74, 6) is -0.869. The van der Waals surface area contributed by atoms with Gasteiger partial charge in [-0.3, -0.25) is 13.9 Å². The van der Waals surface area contributed by atoms with Crippen LogP contribution in [0.4, 0.5) is 5.69 Å². The molecule has 0 radical (unpaired) electrons. The van der Waals surface area contributed by atoms with Gasteiger partial charge in [0.25, 0.3) is 0 Å². The molecule has 0 saturated carbocycles. The number of benzene rings is 2. The molecule has 180 valence electrons. The Balaban J connectivity index is 2.42. The van der Waals surface area contributed by atoms with Gasteiger partial charge in [0, 0.05) is 16.6 Å². The first kappa shape index (κ1) is 27.1. The minimum atomic E-state index is -3.83. The molecular weight excluding hydrogens is 530 g/mol. The zero-order valence-corrected chi connectivity index (χ0v) is 22.5. The van der Waals surface area contributed by atoms with Gasteiger partial charge in [0.1, 0.15) is 12.6 Å². The molecule has 2 aromatic carbocycles. The topological polar surface area (TPSA) is 86.8 Å². The van der Waals surface area contributed by atoms with Gasteiger partial charge in [0.15, 0.2) is 0 Å². The fourth-order valence-electron chi connectivity index (χ4n) is 3.14. The van der Waals surface area contributed by atoms with Crippen LogP contribution in [0.1, 0.15) is 33.3 Å². The lowest BCUT2D eigenvalue weighted by atomic mass is 10.1. The van der Waals surface area contributed by atoms with E-state index in [1.165, 1.54) is 11.0 Å². The third kappa shape index (κ3) is 8.01. The van der Waals surface area contributed by atoms with Crippen molar-refractivity contribution in [3.8, 4) is 0 Å². The second kappa shape index (κ2) is 10.9. The van der Waals surface area contributed by atoms with Crippen molar-refractivity contribution in [1.82, 2.24) is 10.2 Å². The molecule has 0 unspecified atom stereocenters. The van der Waals surface area contributed by atoms with Crippen LogP contribution >= 0.6 is 27.5 Å². The fourth-order valence-corrected chi connectivity index (χ4v) is 4.73. The normalized spacial score (nSPS) is 12.7. The van der Waals surface area contributed by atoms with Crippen LogP contribution < -0.4 is 9.62 Å². The summed E-state index contributed by atoms with van der Waals surface area (Å²) in [5.41, 5.74) is 0.493. The van der Waals surface area contributed by atoms with Gasteiger partial charge in [0.05, 0.1) is 17.0 Å². The number of sulfonamides is 1. The highest BCUT2D eigenvalue weighted by Gasteiger charge is 2.31. The highest BCUT2D eigenvalue weighted by atomic mass is 79.9. The number of amides is 2. The first-order valence-electron chi connectivity index (χ1n) is 10.3. The third-order valence-electron chi connectivity index (χ3n) is 4.71. The summed E-state index contributed by atoms with van der Waals surface area (Å²) >= 11 is 9.64. The van der Waals surface area contributed by atoms with E-state index in [1.807, 2.05) is 45.0 Å². The van der Waals surface area contributed by atoms with E-state index in [9.17, 15) is 18.0 Å². The molecule has 7 nitrogen and oxygen atoms in total. The van der Waals surface area contributed by atoms with E-state index in [1.54, 1.807) is 25.1 Å². The molecule has 1 atom stereocenters. The average Bonchev–Trinajstić information content (AvgIpc) is 2.68. The van der Waals surface area contributed by atoms with E-state index in [2.05, 4.69) is 21.2 Å². The Morgan fingerprint density at radius 1 is 1.12 bits per heavy atom. The van der Waals surface area contributed by atoms with Crippen LogP contribution in [0.15, 0.2) is 53.0 Å². The van der Waals surface area contributed by atoms with Crippen molar-refractivity contribution >= 4 is 55.1 Å². The predicted molar refractivity (Wildman–Crippen MR) is 136 cm³/mol. The second-order valence-electron chi connectivity index (χ2n) is 8.79. The van der Waals surface area contributed by atoms with Crippen LogP contribution in [0, 0.1) is 0 Å². The molecule has 33 heavy (non-hydrogen) atoms. The van der Waals surface area contributed by atoms with Crippen LogP contribution in [0.2, 0.25) is 5.02 Å². The van der Waals surface area contributed by atoms with Crippen molar-refractivity contribution in [1.29, 1.82) is 0 Å². The Morgan fingerprint density at radius 3 is 2.30 bits per heavy atom. The highest BCUT2D eigenvalue weighted by Crippen LogP contribution is 2.27. The Hall–Kier alpha value is -2.10. The summed E-state index contributed by atoms with van der Waals surface area (Å²) in [6.45, 7) is 6.79. The van der Waals surface area contributed by atoms with Gasteiger partial charge in [-0.15, -0.1) is 0 Å². The van der Waals surface area contributed by atoms with Gasteiger partial charge in [-0.25, -0.2) is 8.42 Å². The molecule has 0 spiro atoms. The summed E-state index contributed by atoms with van der Waals surface area (Å²) in [7, 11) is -3.83. The summed E-state index contributed by atoms with van der Waals surface area (Å²) in [4.78, 5) is 27.7. The zero-order valence-electron chi connectivity index (χ0n) is 19.3. The van der Waals surface area contributed by atoms with E-state index < -0.39 is 34.1 Å². The monoisotopic (exact) mass is 557 g/mol. The van der Waals surface area contributed by atoms with E-state index in [-0.39, 0.29) is 23.2 Å². The first-order chi connectivity index (χ1) is 15.2. The molecule has 1 N–H and O–H groups in total. The molecule has 0 saturated heterocycles. The van der Waals surface area contributed by atoms with Gasteiger partial charge >= 0.3 is 0 Å². The maximum absolute atomic E-state index is 13.5. The lowest BCUT2D eigenvalue weighted by molar-refractivity contribution is -0.140. The van der Waals surface area contributed by atoms with Gasteiger partial charge in [-0.2, -0.15) is 0 Å². The SMILES string of the molecule is C[C@H](C(=O)NC(C)(C)C)N(Cc1cccc(Br)c1)C(=O)CN(c1ccccc1Cl)S(C)(=O)=O. The molecule has 2 rings (SSSR count). The molecule has 0 aliphatic rings. The molecule has 0 aliphatic carbocycles. The van der Waals surface area contributed by atoms with Gasteiger partial charge in [0.2, 0.25) is 21.8 Å². The lowest BCUT2D eigenvalue weighted by Crippen LogP contribution is -2.54. The van der Waals surface area contributed by atoms with Crippen molar-refractivity contribution in [2.45, 2.75) is 45.8 Å². The number of nitrogens with zero attached hydrogens (tertiary/aromatic N) is 2. The number of hydrogen-bond acceptors (Lipinski definition) is 4. The van der Waals surface area contributed by atoms with E-state index >= 15 is 0 Å². The maximum Gasteiger partial charge on any atom is 0.244 e. The van der Waals surface area contributed by atoms with Crippen molar-refractivity contribution in [3.63, 3.8) is 0 Å². The van der Waals surface area contributed by atoms with Crippen LogP contribution in [-0.4, -0.2) is 49.5 Å². The van der Waals surface area contributed by atoms with Crippen molar-refractivity contribution in [3.05, 3.63) is 63.6 Å². The third-order valence-corrected chi connectivity index (χ3v) is 6.65. The van der Waals surface area contributed by atoms with Crippen molar-refractivity contribution in [2.24, 2.45) is 0 Å². The minimum Gasteiger partial charge on any atom is -0.350 e. The van der Waals surface area contributed by atoms with Crippen LogP contribution in [0.25, 0.3) is 0 Å². The number of nitrogens with one attached hydrogen (secondary N) is 1. The average molecular weight is 559 g/mol. The minimum absolute atomic E-state index is 0.122.